The molecule has 2 atom stereocenters. The molecule has 2 unspecified atom stereocenters. The second-order valence-electron chi connectivity index (χ2n) is 1.93. The molecule has 0 aliphatic carbocycles. The molecule has 0 aromatic heterocycles. The topological polar surface area (TPSA) is 40.5 Å². The Morgan fingerprint density at radius 1 is 1.12 bits per heavy atom. The van der Waals surface area contributed by atoms with E-state index in [1.807, 2.05) is 0 Å². The average Bonchev–Trinajstić information content (AvgIpc) is 1.27. The van der Waals surface area contributed by atoms with E-state index >= 15 is 0 Å². The third-order valence-corrected chi connectivity index (χ3v) is 0.682. The third kappa shape index (κ3) is 10.5. The van der Waals surface area contributed by atoms with Crippen LogP contribution in [0.2, 0.25) is 0 Å². The Bertz CT molecular complexity index is 39.7. The molecule has 0 saturated heterocycles. The molecule has 2 N–H and O–H groups in total. The minimum atomic E-state index is -0.375. The molecule has 3 heteroatoms. The van der Waals surface area contributed by atoms with E-state index in [2.05, 4.69) is 0 Å². The summed E-state index contributed by atoms with van der Waals surface area (Å²) in [6, 6.07) is 0. The molecule has 2 nitrogen and oxygen atoms in total. The van der Waals surface area contributed by atoms with Gasteiger partial charge in [0, 0.05) is 0 Å². The minimum absolute atomic E-state index is 0. The van der Waals surface area contributed by atoms with Gasteiger partial charge in [-0.15, -0.1) is 0 Å². The molecule has 0 radical (unpaired) electrons. The van der Waals surface area contributed by atoms with E-state index in [9.17, 15) is 0 Å². The second-order valence-corrected chi connectivity index (χ2v) is 1.93. The standard InChI is InChI=1S/C5H12O2.K.H/c1-4(6)3-5(2)7;;/h4-7H,3H2,1-2H3;;. The molecule has 0 spiro atoms. The summed E-state index contributed by atoms with van der Waals surface area (Å²) in [7, 11) is 0. The van der Waals surface area contributed by atoms with Gasteiger partial charge >= 0.3 is 51.4 Å². The van der Waals surface area contributed by atoms with E-state index in [0.29, 0.717) is 6.42 Å². The number of aliphatic hydroxyl groups is 2. The predicted octanol–water partition coefficient (Wildman–Crippen LogP) is -0.510. The van der Waals surface area contributed by atoms with Crippen LogP contribution in [0.3, 0.4) is 0 Å². The Morgan fingerprint density at radius 2 is 1.38 bits per heavy atom. The van der Waals surface area contributed by atoms with Crippen LogP contribution >= 0.6 is 0 Å². The van der Waals surface area contributed by atoms with Crippen molar-refractivity contribution in [3.05, 3.63) is 0 Å². The normalized spacial score (nSPS) is 16.5. The fourth-order valence-corrected chi connectivity index (χ4v) is 0.494. The Morgan fingerprint density at radius 3 is 1.38 bits per heavy atom. The van der Waals surface area contributed by atoms with Crippen LogP contribution in [0.1, 0.15) is 20.3 Å². The van der Waals surface area contributed by atoms with E-state index in [1.54, 1.807) is 13.8 Å². The zero-order chi connectivity index (χ0) is 5.86. The predicted molar refractivity (Wildman–Crippen MR) is 35.1 cm³/mol. The summed E-state index contributed by atoms with van der Waals surface area (Å²) in [5.41, 5.74) is 0. The third-order valence-electron chi connectivity index (χ3n) is 0.682. The molecule has 0 bridgehead atoms. The SMILES string of the molecule is CC(O)CC(C)O.[KH]. The molecule has 0 rings (SSSR count). The Hall–Kier alpha value is 1.56. The number of hydrogen-bond donors (Lipinski definition) is 2. The number of hydrogen-bond acceptors (Lipinski definition) is 2. The number of rotatable bonds is 2. The van der Waals surface area contributed by atoms with E-state index < -0.39 is 0 Å². The van der Waals surface area contributed by atoms with Crippen molar-refractivity contribution in [2.24, 2.45) is 0 Å². The quantitative estimate of drug-likeness (QED) is 0.512. The summed E-state index contributed by atoms with van der Waals surface area (Å²) >= 11 is 0. The van der Waals surface area contributed by atoms with Gasteiger partial charge in [0.2, 0.25) is 0 Å². The maximum atomic E-state index is 8.56. The molecule has 0 heterocycles. The molecule has 0 aliphatic heterocycles. The monoisotopic (exact) mass is 144 g/mol. The van der Waals surface area contributed by atoms with Crippen molar-refractivity contribution in [3.8, 4) is 0 Å². The van der Waals surface area contributed by atoms with Gasteiger partial charge in [-0.3, -0.25) is 0 Å². The first-order chi connectivity index (χ1) is 3.13. The van der Waals surface area contributed by atoms with E-state index in [4.69, 9.17) is 10.2 Å². The van der Waals surface area contributed by atoms with E-state index in [-0.39, 0.29) is 63.6 Å². The van der Waals surface area contributed by atoms with Crippen molar-refractivity contribution in [2.45, 2.75) is 32.5 Å². The zero-order valence-corrected chi connectivity index (χ0v) is 4.76. The van der Waals surface area contributed by atoms with Crippen molar-refractivity contribution < 1.29 is 10.2 Å². The van der Waals surface area contributed by atoms with Gasteiger partial charge in [-0.2, -0.15) is 0 Å². The van der Waals surface area contributed by atoms with Crippen molar-refractivity contribution in [1.29, 1.82) is 0 Å². The van der Waals surface area contributed by atoms with Crippen molar-refractivity contribution in [1.82, 2.24) is 0 Å². The van der Waals surface area contributed by atoms with Gasteiger partial charge in [0.15, 0.2) is 0 Å². The van der Waals surface area contributed by atoms with Gasteiger partial charge < -0.3 is 10.2 Å². The van der Waals surface area contributed by atoms with Gasteiger partial charge in [-0.05, 0) is 20.3 Å². The Labute approximate surface area is 92.7 Å². The van der Waals surface area contributed by atoms with Crippen molar-refractivity contribution >= 4 is 51.4 Å². The Kier molecular flexibility index (Phi) is 10.2. The first-order valence-corrected chi connectivity index (χ1v) is 2.49. The second kappa shape index (κ2) is 6.67. The summed E-state index contributed by atoms with van der Waals surface area (Å²) in [6.07, 6.45) is -0.278. The summed E-state index contributed by atoms with van der Waals surface area (Å²) in [4.78, 5) is 0. The van der Waals surface area contributed by atoms with Gasteiger partial charge in [0.05, 0.1) is 12.2 Å². The van der Waals surface area contributed by atoms with E-state index in [1.165, 1.54) is 0 Å². The number of aliphatic hydroxyl groups excluding tert-OH is 2. The van der Waals surface area contributed by atoms with Crippen molar-refractivity contribution in [3.63, 3.8) is 0 Å². The molecular formula is C5H13KO2. The first-order valence-electron chi connectivity index (χ1n) is 2.49. The summed E-state index contributed by atoms with van der Waals surface area (Å²) in [6.45, 7) is 3.32. The molecule has 0 fully saturated rings. The van der Waals surface area contributed by atoms with Gasteiger partial charge in [-0.25, -0.2) is 0 Å². The molecule has 0 saturated carbocycles. The molecule has 8 heavy (non-hydrogen) atoms. The Balaban J connectivity index is 0. The van der Waals surface area contributed by atoms with Crippen LogP contribution in [-0.2, 0) is 0 Å². The van der Waals surface area contributed by atoms with Gasteiger partial charge in [0.25, 0.3) is 0 Å². The summed E-state index contributed by atoms with van der Waals surface area (Å²) in [5.74, 6) is 0. The molecule has 0 amide bonds. The zero-order valence-electron chi connectivity index (χ0n) is 4.76. The van der Waals surface area contributed by atoms with E-state index in [0.717, 1.165) is 0 Å². The summed E-state index contributed by atoms with van der Waals surface area (Å²) < 4.78 is 0. The van der Waals surface area contributed by atoms with Crippen LogP contribution in [0.15, 0.2) is 0 Å². The maximum absolute atomic E-state index is 8.56. The summed E-state index contributed by atoms with van der Waals surface area (Å²) in [5, 5.41) is 17.1. The van der Waals surface area contributed by atoms with Crippen LogP contribution < -0.4 is 0 Å². The fraction of sp³-hybridized carbons (Fsp3) is 1.00. The first kappa shape index (κ1) is 12.3. The van der Waals surface area contributed by atoms with Crippen LogP contribution in [-0.4, -0.2) is 73.8 Å². The molecule has 0 aromatic rings. The molecular weight excluding hydrogens is 131 g/mol. The average molecular weight is 144 g/mol. The van der Waals surface area contributed by atoms with Crippen LogP contribution in [0.25, 0.3) is 0 Å². The fourth-order valence-electron chi connectivity index (χ4n) is 0.494. The van der Waals surface area contributed by atoms with Crippen LogP contribution in [0.5, 0.6) is 0 Å². The van der Waals surface area contributed by atoms with Crippen LogP contribution in [0, 0.1) is 0 Å². The molecule has 0 aliphatic rings. The van der Waals surface area contributed by atoms with Gasteiger partial charge in [0.1, 0.15) is 0 Å². The molecule has 46 valence electrons. The van der Waals surface area contributed by atoms with Crippen molar-refractivity contribution in [2.75, 3.05) is 0 Å². The molecule has 0 aromatic carbocycles. The van der Waals surface area contributed by atoms with Gasteiger partial charge in [-0.1, -0.05) is 0 Å². The van der Waals surface area contributed by atoms with Crippen LogP contribution in [0.4, 0.5) is 0 Å².